The third-order valence-electron chi connectivity index (χ3n) is 5.57. The summed E-state index contributed by atoms with van der Waals surface area (Å²) in [5.41, 5.74) is 0.519. The van der Waals surface area contributed by atoms with E-state index in [1.165, 1.54) is 23.3 Å². The molecule has 12 heteroatoms. The van der Waals surface area contributed by atoms with Crippen LogP contribution in [0, 0.1) is 0 Å². The van der Waals surface area contributed by atoms with E-state index in [2.05, 4.69) is 4.72 Å². The number of nitrogens with zero attached hydrogens (tertiary/aromatic N) is 2. The number of sulfonamides is 1. The summed E-state index contributed by atoms with van der Waals surface area (Å²) in [5.74, 6) is -0.654. The van der Waals surface area contributed by atoms with Gasteiger partial charge in [-0.25, -0.2) is 8.42 Å². The molecule has 0 saturated carbocycles. The predicted molar refractivity (Wildman–Crippen MR) is 123 cm³/mol. The first kappa shape index (κ1) is 25.1. The molecule has 1 N–H and O–H groups in total. The second-order valence-corrected chi connectivity index (χ2v) is 11.0. The third-order valence-corrected chi connectivity index (χ3v) is 8.21. The highest BCUT2D eigenvalue weighted by molar-refractivity contribution is 7.92. The van der Waals surface area contributed by atoms with Crippen LogP contribution in [-0.4, -0.2) is 88.2 Å². The maximum Gasteiger partial charge on any atom is 0.248 e. The molecule has 0 bridgehead atoms. The second-order valence-electron chi connectivity index (χ2n) is 7.76. The number of ether oxygens (including phenoxy) is 2. The number of methoxy groups -OCH3 is 1. The van der Waals surface area contributed by atoms with Gasteiger partial charge in [0, 0.05) is 31.6 Å². The Kier molecular flexibility index (Phi) is 8.34. The molecule has 1 aromatic rings. The van der Waals surface area contributed by atoms with Gasteiger partial charge in [-0.05, 0) is 38.0 Å². The third kappa shape index (κ3) is 5.89. The Bertz CT molecular complexity index is 974. The summed E-state index contributed by atoms with van der Waals surface area (Å²) in [4.78, 5) is 30.1. The number of nitrogens with one attached hydrogen (secondary N) is 1. The molecule has 2 saturated heterocycles. The molecule has 32 heavy (non-hydrogen) atoms. The van der Waals surface area contributed by atoms with E-state index in [1.807, 2.05) is 0 Å². The van der Waals surface area contributed by atoms with Crippen LogP contribution in [0.5, 0.6) is 0 Å². The van der Waals surface area contributed by atoms with Crippen LogP contribution in [0.4, 0.5) is 0 Å². The van der Waals surface area contributed by atoms with Gasteiger partial charge in [0.15, 0.2) is 0 Å². The van der Waals surface area contributed by atoms with Gasteiger partial charge in [-0.2, -0.15) is 4.72 Å². The highest BCUT2D eigenvalue weighted by Gasteiger charge is 2.44. The minimum Gasteiger partial charge on any atom is -0.379 e. The van der Waals surface area contributed by atoms with Crippen LogP contribution in [0.15, 0.2) is 17.5 Å². The maximum absolute atomic E-state index is 13.2. The monoisotopic (exact) mass is 505 g/mol. The van der Waals surface area contributed by atoms with Crippen LogP contribution in [0.25, 0.3) is 5.57 Å². The number of hydrogen-bond donors (Lipinski definition) is 1. The number of carbonyl (C=O) groups is 2. The van der Waals surface area contributed by atoms with Crippen molar-refractivity contribution in [1.82, 2.24) is 14.5 Å². The molecular weight excluding hydrogens is 478 g/mol. The van der Waals surface area contributed by atoms with Crippen molar-refractivity contribution in [3.8, 4) is 0 Å². The van der Waals surface area contributed by atoms with E-state index in [0.29, 0.717) is 36.2 Å². The first-order chi connectivity index (χ1) is 15.1. The van der Waals surface area contributed by atoms with Crippen LogP contribution in [0.2, 0.25) is 4.34 Å². The average molecular weight is 506 g/mol. The molecule has 0 aliphatic carbocycles. The Morgan fingerprint density at radius 1 is 1.34 bits per heavy atom. The second kappa shape index (κ2) is 10.6. The smallest absolute Gasteiger partial charge is 0.248 e. The number of morpholine rings is 1. The van der Waals surface area contributed by atoms with E-state index in [0.717, 1.165) is 10.3 Å². The van der Waals surface area contributed by atoms with E-state index in [4.69, 9.17) is 21.1 Å². The maximum atomic E-state index is 13.2. The molecule has 9 nitrogen and oxygen atoms in total. The Morgan fingerprint density at radius 3 is 2.62 bits per heavy atom. The SMILES string of the molecule is CO[C@H](C)C(C(=O)N1CCOCC1)N1CC[C@H](NS(=O)(=O)/C=C(\C)c2ccc(Cl)s2)C1=O. The molecule has 0 spiro atoms. The molecule has 3 atom stereocenters. The van der Waals surface area contributed by atoms with Crippen molar-refractivity contribution in [3.05, 3.63) is 26.8 Å². The average Bonchev–Trinajstić information content (AvgIpc) is 3.34. The Balaban J connectivity index is 1.73. The van der Waals surface area contributed by atoms with E-state index < -0.39 is 34.1 Å². The Hall–Kier alpha value is -1.50. The van der Waals surface area contributed by atoms with Crippen molar-refractivity contribution in [1.29, 1.82) is 0 Å². The van der Waals surface area contributed by atoms with Gasteiger partial charge in [-0.15, -0.1) is 11.3 Å². The summed E-state index contributed by atoms with van der Waals surface area (Å²) in [7, 11) is -2.41. The van der Waals surface area contributed by atoms with E-state index >= 15 is 0 Å². The van der Waals surface area contributed by atoms with Crippen molar-refractivity contribution in [2.75, 3.05) is 40.0 Å². The summed E-state index contributed by atoms with van der Waals surface area (Å²) in [5, 5.41) is 1.10. The van der Waals surface area contributed by atoms with Gasteiger partial charge in [0.1, 0.15) is 12.1 Å². The van der Waals surface area contributed by atoms with Crippen molar-refractivity contribution in [2.24, 2.45) is 0 Å². The zero-order valence-corrected chi connectivity index (χ0v) is 20.6. The van der Waals surface area contributed by atoms with Crippen molar-refractivity contribution < 1.29 is 27.5 Å². The highest BCUT2D eigenvalue weighted by atomic mass is 35.5. The van der Waals surface area contributed by atoms with Crippen LogP contribution in [-0.2, 0) is 29.1 Å². The molecule has 3 heterocycles. The van der Waals surface area contributed by atoms with E-state index in [-0.39, 0.29) is 18.9 Å². The number of thiophene rings is 1. The van der Waals surface area contributed by atoms with Gasteiger partial charge in [0.2, 0.25) is 21.8 Å². The van der Waals surface area contributed by atoms with Crippen molar-refractivity contribution in [3.63, 3.8) is 0 Å². The quantitative estimate of drug-likeness (QED) is 0.574. The lowest BCUT2D eigenvalue weighted by Gasteiger charge is -2.36. The number of halogens is 1. The van der Waals surface area contributed by atoms with Gasteiger partial charge in [-0.3, -0.25) is 9.59 Å². The zero-order chi connectivity index (χ0) is 23.5. The number of rotatable bonds is 8. The minimum atomic E-state index is -3.89. The van der Waals surface area contributed by atoms with Gasteiger partial charge < -0.3 is 19.3 Å². The lowest BCUT2D eigenvalue weighted by Crippen LogP contribution is -2.57. The molecule has 0 radical (unpaired) electrons. The standard InChI is InChI=1S/C20H28ClN3O6S2/c1-13(16-4-5-17(21)31-16)12-32(27,28)22-15-6-7-24(19(15)25)18(14(2)29-3)20(26)23-8-10-30-11-9-23/h4-5,12,14-15,18,22H,6-11H2,1-3H3/b13-12+/t14-,15+,18?/m1/s1. The first-order valence-electron chi connectivity index (χ1n) is 10.3. The molecule has 2 aliphatic rings. The van der Waals surface area contributed by atoms with Crippen molar-refractivity contribution in [2.45, 2.75) is 38.5 Å². The molecule has 1 unspecified atom stereocenters. The zero-order valence-electron chi connectivity index (χ0n) is 18.2. The van der Waals surface area contributed by atoms with Gasteiger partial charge in [0.25, 0.3) is 0 Å². The fraction of sp³-hybridized carbons (Fsp3) is 0.600. The number of likely N-dealkylation sites (tertiary alicyclic amines) is 1. The Labute approximate surface area is 197 Å². The lowest BCUT2D eigenvalue weighted by molar-refractivity contribution is -0.152. The molecule has 2 fully saturated rings. The largest absolute Gasteiger partial charge is 0.379 e. The number of amides is 2. The number of allylic oxidation sites excluding steroid dienone is 1. The molecule has 178 valence electrons. The molecule has 1 aromatic heterocycles. The molecule has 2 aliphatic heterocycles. The fourth-order valence-electron chi connectivity index (χ4n) is 3.82. The Morgan fingerprint density at radius 2 is 2.03 bits per heavy atom. The summed E-state index contributed by atoms with van der Waals surface area (Å²) in [6.45, 7) is 5.42. The number of carbonyl (C=O) groups excluding carboxylic acids is 2. The van der Waals surface area contributed by atoms with Crippen LogP contribution in [0.3, 0.4) is 0 Å². The van der Waals surface area contributed by atoms with Gasteiger partial charge >= 0.3 is 0 Å². The number of hydrogen-bond acceptors (Lipinski definition) is 7. The van der Waals surface area contributed by atoms with Gasteiger partial charge in [-0.1, -0.05) is 11.6 Å². The molecular formula is C20H28ClN3O6S2. The summed E-state index contributed by atoms with van der Waals surface area (Å²) in [6.07, 6.45) is -0.283. The topological polar surface area (TPSA) is 105 Å². The van der Waals surface area contributed by atoms with Crippen molar-refractivity contribution >= 4 is 50.3 Å². The predicted octanol–water partition coefficient (Wildman–Crippen LogP) is 1.54. The molecule has 0 aromatic carbocycles. The molecule has 2 amide bonds. The van der Waals surface area contributed by atoms with Crippen LogP contribution in [0.1, 0.15) is 25.1 Å². The summed E-state index contributed by atoms with van der Waals surface area (Å²) >= 11 is 7.20. The fourth-order valence-corrected chi connectivity index (χ4v) is 6.19. The van der Waals surface area contributed by atoms with E-state index in [9.17, 15) is 18.0 Å². The van der Waals surface area contributed by atoms with Crippen LogP contribution >= 0.6 is 22.9 Å². The summed E-state index contributed by atoms with van der Waals surface area (Å²) < 4.78 is 39.1. The highest BCUT2D eigenvalue weighted by Crippen LogP contribution is 2.28. The lowest BCUT2D eigenvalue weighted by atomic mass is 10.1. The first-order valence-corrected chi connectivity index (χ1v) is 13.0. The van der Waals surface area contributed by atoms with Crippen LogP contribution < -0.4 is 4.72 Å². The van der Waals surface area contributed by atoms with E-state index in [1.54, 1.807) is 30.9 Å². The molecule has 3 rings (SSSR count). The normalized spacial score (nSPS) is 22.3. The summed E-state index contributed by atoms with van der Waals surface area (Å²) in [6, 6.07) is 1.66. The van der Waals surface area contributed by atoms with Gasteiger partial charge in [0.05, 0.1) is 29.1 Å². The minimum absolute atomic E-state index is 0.218.